The van der Waals surface area contributed by atoms with Crippen molar-refractivity contribution in [3.8, 4) is 0 Å². The molecule has 3 amide bonds. The zero-order valence-corrected chi connectivity index (χ0v) is 15.9. The third kappa shape index (κ3) is 3.47. The second-order valence-electron chi connectivity index (χ2n) is 6.53. The second kappa shape index (κ2) is 7.13. The van der Waals surface area contributed by atoms with Crippen LogP contribution in [0, 0.1) is 5.41 Å². The van der Waals surface area contributed by atoms with Crippen molar-refractivity contribution in [2.45, 2.75) is 20.3 Å². The largest absolute Gasteiger partial charge is 0.300 e. The van der Waals surface area contributed by atoms with E-state index < -0.39 is 5.41 Å². The molecule has 1 aromatic carbocycles. The van der Waals surface area contributed by atoms with Crippen LogP contribution in [0.5, 0.6) is 0 Å². The van der Waals surface area contributed by atoms with Crippen molar-refractivity contribution in [3.63, 3.8) is 0 Å². The maximum Gasteiger partial charge on any atom is 0.261 e. The normalized spacial score (nSPS) is 13.9. The first-order valence-corrected chi connectivity index (χ1v) is 9.33. The van der Waals surface area contributed by atoms with Crippen LogP contribution in [-0.2, 0) is 11.2 Å². The molecular formula is C17H17ClN4O3S. The number of nitrogens with zero attached hydrogens (tertiary/aromatic N) is 3. The van der Waals surface area contributed by atoms with Crippen LogP contribution in [0.1, 0.15) is 39.6 Å². The number of nitrogens with one attached hydrogen (secondary N) is 1. The summed E-state index contributed by atoms with van der Waals surface area (Å²) in [5.41, 5.74) is 0.130. The number of carbonyl (C=O) groups is 3. The van der Waals surface area contributed by atoms with Gasteiger partial charge in [-0.3, -0.25) is 19.3 Å². The number of amides is 3. The summed E-state index contributed by atoms with van der Waals surface area (Å²) in [4.78, 5) is 38.0. The van der Waals surface area contributed by atoms with E-state index in [-0.39, 0.29) is 30.1 Å². The third-order valence-corrected chi connectivity index (χ3v) is 5.63. The lowest BCUT2D eigenvalue weighted by molar-refractivity contribution is -0.122. The van der Waals surface area contributed by atoms with Gasteiger partial charge in [0.25, 0.3) is 11.8 Å². The molecule has 0 radical (unpaired) electrons. The molecule has 2 aromatic rings. The Bertz CT molecular complexity index is 845. The Kier molecular flexibility index (Phi) is 5.06. The highest BCUT2D eigenvalue weighted by Gasteiger charge is 2.34. The molecule has 9 heteroatoms. The molecule has 136 valence electrons. The minimum Gasteiger partial charge on any atom is -0.300 e. The van der Waals surface area contributed by atoms with Gasteiger partial charge in [0.05, 0.1) is 16.5 Å². The Hall–Kier alpha value is -2.32. The lowest BCUT2D eigenvalue weighted by Crippen LogP contribution is -2.32. The number of rotatable bonds is 6. The van der Waals surface area contributed by atoms with Gasteiger partial charge < -0.3 is 5.32 Å². The zero-order valence-electron chi connectivity index (χ0n) is 14.3. The smallest absolute Gasteiger partial charge is 0.261 e. The first kappa shape index (κ1) is 18.5. The monoisotopic (exact) mass is 392 g/mol. The van der Waals surface area contributed by atoms with Crippen molar-refractivity contribution < 1.29 is 14.4 Å². The van der Waals surface area contributed by atoms with Gasteiger partial charge in [-0.1, -0.05) is 23.5 Å². The van der Waals surface area contributed by atoms with Crippen LogP contribution in [0.15, 0.2) is 24.3 Å². The average Bonchev–Trinajstić information content (AvgIpc) is 3.17. The molecule has 0 aliphatic carbocycles. The van der Waals surface area contributed by atoms with Gasteiger partial charge in [0.1, 0.15) is 5.01 Å². The van der Waals surface area contributed by atoms with Crippen molar-refractivity contribution in [1.29, 1.82) is 0 Å². The van der Waals surface area contributed by atoms with Crippen LogP contribution < -0.4 is 5.32 Å². The number of halogens is 1. The Morgan fingerprint density at radius 2 is 1.81 bits per heavy atom. The van der Waals surface area contributed by atoms with Gasteiger partial charge in [-0.15, -0.1) is 21.8 Å². The number of hydrogen-bond acceptors (Lipinski definition) is 6. The van der Waals surface area contributed by atoms with Gasteiger partial charge in [-0.2, -0.15) is 0 Å². The summed E-state index contributed by atoms with van der Waals surface area (Å²) in [7, 11) is 0. The molecule has 3 rings (SSSR count). The molecule has 26 heavy (non-hydrogen) atoms. The lowest BCUT2D eigenvalue weighted by Gasteiger charge is -2.18. The van der Waals surface area contributed by atoms with Crippen LogP contribution in [0.25, 0.3) is 0 Å². The van der Waals surface area contributed by atoms with Crippen molar-refractivity contribution in [1.82, 2.24) is 15.1 Å². The van der Waals surface area contributed by atoms with E-state index in [4.69, 9.17) is 11.6 Å². The van der Waals surface area contributed by atoms with Gasteiger partial charge in [-0.05, 0) is 26.0 Å². The van der Waals surface area contributed by atoms with Crippen molar-refractivity contribution >= 4 is 45.8 Å². The number of imide groups is 1. The molecule has 0 unspecified atom stereocenters. The third-order valence-electron chi connectivity index (χ3n) is 4.06. The summed E-state index contributed by atoms with van der Waals surface area (Å²) in [5, 5.41) is 11.6. The highest BCUT2D eigenvalue weighted by molar-refractivity contribution is 7.15. The molecule has 2 heterocycles. The van der Waals surface area contributed by atoms with E-state index >= 15 is 0 Å². The number of fused-ring (bicyclic) bond motifs is 1. The summed E-state index contributed by atoms with van der Waals surface area (Å²) < 4.78 is 0. The van der Waals surface area contributed by atoms with E-state index in [9.17, 15) is 14.4 Å². The molecule has 0 saturated heterocycles. The SMILES string of the molecule is CC(C)(CCl)C(=O)Nc1nnc(CCN2C(=O)c3ccccc3C2=O)s1. The van der Waals surface area contributed by atoms with Crippen molar-refractivity contribution in [3.05, 3.63) is 40.4 Å². The molecular weight excluding hydrogens is 376 g/mol. The Labute approximate surface area is 159 Å². The van der Waals surface area contributed by atoms with Gasteiger partial charge in [0.15, 0.2) is 0 Å². The Balaban J connectivity index is 1.62. The molecule has 1 aromatic heterocycles. The van der Waals surface area contributed by atoms with Crippen LogP contribution in [0.2, 0.25) is 0 Å². The number of anilines is 1. The zero-order chi connectivity index (χ0) is 18.9. The predicted octanol–water partition coefficient (Wildman–Crippen LogP) is 2.58. The molecule has 1 aliphatic rings. The lowest BCUT2D eigenvalue weighted by atomic mass is 9.95. The Morgan fingerprint density at radius 3 is 2.38 bits per heavy atom. The maximum atomic E-state index is 12.3. The standard InChI is InChI=1S/C17H17ClN4O3S/c1-17(2,9-18)15(25)19-16-21-20-12(26-16)7-8-22-13(23)10-5-3-4-6-11(10)14(22)24/h3-6H,7-9H2,1-2H3,(H,19,21,25). The summed E-state index contributed by atoms with van der Waals surface area (Å²) in [6.07, 6.45) is 0.373. The quantitative estimate of drug-likeness (QED) is 0.602. The molecule has 0 saturated carbocycles. The van der Waals surface area contributed by atoms with E-state index in [1.807, 2.05) is 0 Å². The maximum absolute atomic E-state index is 12.3. The fourth-order valence-corrected chi connectivity index (χ4v) is 3.23. The summed E-state index contributed by atoms with van der Waals surface area (Å²) >= 11 is 7.00. The van der Waals surface area contributed by atoms with Crippen LogP contribution in [0.4, 0.5) is 5.13 Å². The molecule has 0 fully saturated rings. The molecule has 0 spiro atoms. The van der Waals surface area contributed by atoms with E-state index in [0.717, 1.165) is 0 Å². The first-order valence-electron chi connectivity index (χ1n) is 7.98. The topological polar surface area (TPSA) is 92.3 Å². The number of benzene rings is 1. The van der Waals surface area contributed by atoms with E-state index in [0.29, 0.717) is 27.7 Å². The minimum absolute atomic E-state index is 0.185. The molecule has 7 nitrogen and oxygen atoms in total. The number of carbonyl (C=O) groups excluding carboxylic acids is 3. The predicted molar refractivity (Wildman–Crippen MR) is 98.6 cm³/mol. The molecule has 0 atom stereocenters. The van der Waals surface area contributed by atoms with Crippen LogP contribution in [-0.4, -0.2) is 45.2 Å². The van der Waals surface area contributed by atoms with Crippen molar-refractivity contribution in [2.24, 2.45) is 5.41 Å². The van der Waals surface area contributed by atoms with Gasteiger partial charge >= 0.3 is 0 Å². The molecule has 1 N–H and O–H groups in total. The molecule has 1 aliphatic heterocycles. The van der Waals surface area contributed by atoms with Gasteiger partial charge in [0.2, 0.25) is 11.0 Å². The minimum atomic E-state index is -0.715. The van der Waals surface area contributed by atoms with Crippen LogP contribution >= 0.6 is 22.9 Å². The highest BCUT2D eigenvalue weighted by atomic mass is 35.5. The van der Waals surface area contributed by atoms with Gasteiger partial charge in [0, 0.05) is 18.8 Å². The summed E-state index contributed by atoms with van der Waals surface area (Å²) in [6, 6.07) is 6.75. The summed E-state index contributed by atoms with van der Waals surface area (Å²) in [6.45, 7) is 3.68. The van der Waals surface area contributed by atoms with E-state index in [1.54, 1.807) is 38.1 Å². The average molecular weight is 393 g/mol. The fourth-order valence-electron chi connectivity index (χ4n) is 2.38. The van der Waals surface area contributed by atoms with Crippen molar-refractivity contribution in [2.75, 3.05) is 17.7 Å². The number of alkyl halides is 1. The van der Waals surface area contributed by atoms with Gasteiger partial charge in [-0.25, -0.2) is 0 Å². The Morgan fingerprint density at radius 1 is 1.19 bits per heavy atom. The number of hydrogen-bond donors (Lipinski definition) is 1. The first-order chi connectivity index (χ1) is 12.3. The van der Waals surface area contributed by atoms with Crippen LogP contribution in [0.3, 0.4) is 0 Å². The summed E-state index contributed by atoms with van der Waals surface area (Å²) in [5.74, 6) is -0.653. The van der Waals surface area contributed by atoms with E-state index in [2.05, 4.69) is 15.5 Å². The molecule has 0 bridgehead atoms. The highest BCUT2D eigenvalue weighted by Crippen LogP contribution is 2.25. The number of aromatic nitrogens is 2. The fraction of sp³-hybridized carbons (Fsp3) is 0.353. The van der Waals surface area contributed by atoms with E-state index in [1.165, 1.54) is 16.2 Å². The second-order valence-corrected chi connectivity index (χ2v) is 7.86.